The van der Waals surface area contributed by atoms with Crippen LogP contribution in [0.4, 0.5) is 5.69 Å². The summed E-state index contributed by atoms with van der Waals surface area (Å²) in [5.41, 5.74) is 6.49. The molecule has 20 heavy (non-hydrogen) atoms. The van der Waals surface area contributed by atoms with E-state index in [1.165, 1.54) is 0 Å². The second-order valence-corrected chi connectivity index (χ2v) is 5.02. The first kappa shape index (κ1) is 16.3. The SMILES string of the molecule is CCOc1ccc(NC(=O)C(N)CC(C)C)cc1OC. The normalized spacial score (nSPS) is 12.1. The summed E-state index contributed by atoms with van der Waals surface area (Å²) >= 11 is 0. The number of rotatable bonds is 7. The fourth-order valence-corrected chi connectivity index (χ4v) is 1.87. The van der Waals surface area contributed by atoms with E-state index in [-0.39, 0.29) is 5.91 Å². The number of carbonyl (C=O) groups excluding carboxylic acids is 1. The summed E-state index contributed by atoms with van der Waals surface area (Å²) in [6.45, 7) is 6.53. The molecule has 112 valence electrons. The number of carbonyl (C=O) groups is 1. The van der Waals surface area contributed by atoms with Gasteiger partial charge < -0.3 is 20.5 Å². The van der Waals surface area contributed by atoms with Crippen LogP contribution in [0.1, 0.15) is 27.2 Å². The van der Waals surface area contributed by atoms with E-state index in [1.807, 2.05) is 20.8 Å². The van der Waals surface area contributed by atoms with Gasteiger partial charge in [0.2, 0.25) is 5.91 Å². The fraction of sp³-hybridized carbons (Fsp3) is 0.533. The Labute approximate surface area is 120 Å². The van der Waals surface area contributed by atoms with E-state index < -0.39 is 6.04 Å². The van der Waals surface area contributed by atoms with Crippen LogP contribution < -0.4 is 20.5 Å². The van der Waals surface area contributed by atoms with Crippen molar-refractivity contribution in [2.75, 3.05) is 19.0 Å². The molecule has 0 aromatic heterocycles. The molecule has 0 fully saturated rings. The van der Waals surface area contributed by atoms with Crippen molar-refractivity contribution in [3.63, 3.8) is 0 Å². The quantitative estimate of drug-likeness (QED) is 0.804. The lowest BCUT2D eigenvalue weighted by molar-refractivity contribution is -0.117. The van der Waals surface area contributed by atoms with E-state index in [9.17, 15) is 4.79 Å². The number of nitrogens with one attached hydrogen (secondary N) is 1. The molecule has 0 bridgehead atoms. The number of nitrogens with two attached hydrogens (primary N) is 1. The highest BCUT2D eigenvalue weighted by Gasteiger charge is 2.15. The molecule has 1 aromatic carbocycles. The molecule has 0 saturated heterocycles. The van der Waals surface area contributed by atoms with E-state index in [2.05, 4.69) is 5.32 Å². The molecule has 0 aliphatic heterocycles. The summed E-state index contributed by atoms with van der Waals surface area (Å²) in [7, 11) is 1.56. The molecule has 0 saturated carbocycles. The molecule has 0 spiro atoms. The van der Waals surface area contributed by atoms with Crippen molar-refractivity contribution in [2.24, 2.45) is 11.7 Å². The molecule has 5 heteroatoms. The molecular formula is C15H24N2O3. The van der Waals surface area contributed by atoms with Crippen LogP contribution in [0.3, 0.4) is 0 Å². The van der Waals surface area contributed by atoms with E-state index in [4.69, 9.17) is 15.2 Å². The third-order valence-electron chi connectivity index (χ3n) is 2.79. The Morgan fingerprint density at radius 1 is 1.35 bits per heavy atom. The van der Waals surface area contributed by atoms with Crippen molar-refractivity contribution in [2.45, 2.75) is 33.2 Å². The molecule has 1 unspecified atom stereocenters. The number of hydrogen-bond acceptors (Lipinski definition) is 4. The molecule has 0 aliphatic carbocycles. The monoisotopic (exact) mass is 280 g/mol. The van der Waals surface area contributed by atoms with E-state index in [0.717, 1.165) is 0 Å². The summed E-state index contributed by atoms with van der Waals surface area (Å²) in [6.07, 6.45) is 0.653. The first-order valence-electron chi connectivity index (χ1n) is 6.85. The first-order chi connectivity index (χ1) is 9.47. The highest BCUT2D eigenvalue weighted by molar-refractivity contribution is 5.94. The summed E-state index contributed by atoms with van der Waals surface area (Å²) in [5, 5.41) is 2.79. The summed E-state index contributed by atoms with van der Waals surface area (Å²) in [4.78, 5) is 12.0. The highest BCUT2D eigenvalue weighted by Crippen LogP contribution is 2.30. The highest BCUT2D eigenvalue weighted by atomic mass is 16.5. The predicted molar refractivity (Wildman–Crippen MR) is 80.2 cm³/mol. The maximum atomic E-state index is 12.0. The van der Waals surface area contributed by atoms with Crippen molar-refractivity contribution in [1.29, 1.82) is 0 Å². The lowest BCUT2D eigenvalue weighted by atomic mass is 10.0. The molecule has 1 atom stereocenters. The van der Waals surface area contributed by atoms with Gasteiger partial charge in [0, 0.05) is 11.8 Å². The summed E-state index contributed by atoms with van der Waals surface area (Å²) < 4.78 is 10.7. The molecule has 5 nitrogen and oxygen atoms in total. The molecule has 3 N–H and O–H groups in total. The van der Waals surface area contributed by atoms with Gasteiger partial charge in [0.15, 0.2) is 11.5 Å². The van der Waals surface area contributed by atoms with Crippen molar-refractivity contribution >= 4 is 11.6 Å². The van der Waals surface area contributed by atoms with Gasteiger partial charge in [0.25, 0.3) is 0 Å². The van der Waals surface area contributed by atoms with Crippen LogP contribution in [0.25, 0.3) is 0 Å². The zero-order valence-electron chi connectivity index (χ0n) is 12.6. The topological polar surface area (TPSA) is 73.6 Å². The minimum atomic E-state index is -0.507. The maximum absolute atomic E-state index is 12.0. The minimum Gasteiger partial charge on any atom is -0.493 e. The predicted octanol–water partition coefficient (Wildman–Crippen LogP) is 2.41. The van der Waals surface area contributed by atoms with E-state index in [1.54, 1.807) is 25.3 Å². The standard InChI is InChI=1S/C15H24N2O3/c1-5-20-13-7-6-11(9-14(13)19-4)17-15(18)12(16)8-10(2)3/h6-7,9-10,12H,5,8,16H2,1-4H3,(H,17,18). The van der Waals surface area contributed by atoms with Gasteiger partial charge in [0.05, 0.1) is 19.8 Å². The van der Waals surface area contributed by atoms with Gasteiger partial charge in [0.1, 0.15) is 0 Å². The summed E-state index contributed by atoms with van der Waals surface area (Å²) in [6, 6.07) is 4.76. The number of methoxy groups -OCH3 is 1. The Balaban J connectivity index is 2.75. The molecule has 0 heterocycles. The zero-order chi connectivity index (χ0) is 15.1. The average molecular weight is 280 g/mol. The Kier molecular flexibility index (Phi) is 6.31. The number of benzene rings is 1. The van der Waals surface area contributed by atoms with Gasteiger partial charge in [-0.1, -0.05) is 13.8 Å². The van der Waals surface area contributed by atoms with E-state index in [0.29, 0.717) is 36.1 Å². The summed E-state index contributed by atoms with van der Waals surface area (Å²) in [5.74, 6) is 1.43. The van der Waals surface area contributed by atoms with Gasteiger partial charge in [-0.05, 0) is 31.4 Å². The second kappa shape index (κ2) is 7.75. The molecule has 1 aromatic rings. The number of amides is 1. The van der Waals surface area contributed by atoms with Crippen molar-refractivity contribution in [3.8, 4) is 11.5 Å². The Hall–Kier alpha value is -1.75. The molecule has 1 rings (SSSR count). The van der Waals surface area contributed by atoms with Crippen LogP contribution in [-0.4, -0.2) is 25.7 Å². The van der Waals surface area contributed by atoms with Crippen LogP contribution in [0.5, 0.6) is 11.5 Å². The molecule has 0 radical (unpaired) electrons. The lowest BCUT2D eigenvalue weighted by Crippen LogP contribution is -2.36. The van der Waals surface area contributed by atoms with Gasteiger partial charge in [-0.3, -0.25) is 4.79 Å². The van der Waals surface area contributed by atoms with Crippen molar-refractivity contribution in [3.05, 3.63) is 18.2 Å². The van der Waals surface area contributed by atoms with Crippen LogP contribution in [-0.2, 0) is 4.79 Å². The third-order valence-corrected chi connectivity index (χ3v) is 2.79. The van der Waals surface area contributed by atoms with Crippen molar-refractivity contribution in [1.82, 2.24) is 0 Å². The maximum Gasteiger partial charge on any atom is 0.241 e. The first-order valence-corrected chi connectivity index (χ1v) is 6.85. The Morgan fingerprint density at radius 3 is 2.60 bits per heavy atom. The number of anilines is 1. The van der Waals surface area contributed by atoms with Crippen LogP contribution >= 0.6 is 0 Å². The molecular weight excluding hydrogens is 256 g/mol. The third kappa shape index (κ3) is 4.74. The van der Waals surface area contributed by atoms with E-state index >= 15 is 0 Å². The zero-order valence-corrected chi connectivity index (χ0v) is 12.6. The second-order valence-electron chi connectivity index (χ2n) is 5.02. The average Bonchev–Trinajstić information content (AvgIpc) is 2.39. The van der Waals surface area contributed by atoms with Crippen LogP contribution in [0.15, 0.2) is 18.2 Å². The Morgan fingerprint density at radius 2 is 2.05 bits per heavy atom. The van der Waals surface area contributed by atoms with Gasteiger partial charge in [-0.25, -0.2) is 0 Å². The minimum absolute atomic E-state index is 0.190. The van der Waals surface area contributed by atoms with Crippen LogP contribution in [0.2, 0.25) is 0 Å². The largest absolute Gasteiger partial charge is 0.493 e. The molecule has 1 amide bonds. The van der Waals surface area contributed by atoms with Crippen LogP contribution in [0, 0.1) is 5.92 Å². The number of ether oxygens (including phenoxy) is 2. The van der Waals surface area contributed by atoms with Crippen molar-refractivity contribution < 1.29 is 14.3 Å². The van der Waals surface area contributed by atoms with Gasteiger partial charge >= 0.3 is 0 Å². The Bertz CT molecular complexity index is 447. The lowest BCUT2D eigenvalue weighted by Gasteiger charge is -2.15. The smallest absolute Gasteiger partial charge is 0.241 e. The van der Waals surface area contributed by atoms with Gasteiger partial charge in [-0.15, -0.1) is 0 Å². The van der Waals surface area contributed by atoms with Gasteiger partial charge in [-0.2, -0.15) is 0 Å². The number of hydrogen-bond donors (Lipinski definition) is 2. The fourth-order valence-electron chi connectivity index (χ4n) is 1.87. The molecule has 0 aliphatic rings.